The Morgan fingerprint density at radius 2 is 1.89 bits per heavy atom. The van der Waals surface area contributed by atoms with Crippen LogP contribution in [0.1, 0.15) is 41.9 Å². The van der Waals surface area contributed by atoms with Gasteiger partial charge in [-0.3, -0.25) is 9.59 Å². The van der Waals surface area contributed by atoms with Crippen molar-refractivity contribution in [1.82, 2.24) is 29.0 Å². The summed E-state index contributed by atoms with van der Waals surface area (Å²) in [5, 5.41) is 3.83. The quantitative estimate of drug-likeness (QED) is 0.433. The van der Waals surface area contributed by atoms with Crippen molar-refractivity contribution in [3.63, 3.8) is 0 Å². The third kappa shape index (κ3) is 4.41. The SMILES string of the molecule is NC(=O)c1cn(-c2ccnc(N[C@H]3CC[C@H](C(=O)N4CCn5ccnc5C4)CC3)n2)c2ccc(F)cc12. The first-order valence-electron chi connectivity index (χ1n) is 12.5. The lowest BCUT2D eigenvalue weighted by molar-refractivity contribution is -0.138. The monoisotopic (exact) mass is 502 g/mol. The molecule has 4 heterocycles. The number of nitrogens with zero attached hydrogens (tertiary/aromatic N) is 6. The minimum absolute atomic E-state index is 0.0191. The molecule has 1 saturated carbocycles. The fraction of sp³-hybridized carbons (Fsp3) is 0.346. The molecular formula is C26H27FN8O2. The average Bonchev–Trinajstić information content (AvgIpc) is 3.53. The molecule has 3 N–H and O–H groups in total. The van der Waals surface area contributed by atoms with E-state index in [9.17, 15) is 14.0 Å². The Bertz CT molecular complexity index is 1490. The number of aromatic nitrogens is 5. The lowest BCUT2D eigenvalue weighted by atomic mass is 9.85. The molecule has 1 aliphatic carbocycles. The summed E-state index contributed by atoms with van der Waals surface area (Å²) >= 11 is 0. The van der Waals surface area contributed by atoms with Crippen LogP contribution in [0.4, 0.5) is 10.3 Å². The number of benzene rings is 1. The van der Waals surface area contributed by atoms with E-state index in [4.69, 9.17) is 5.73 Å². The number of halogens is 1. The smallest absolute Gasteiger partial charge is 0.250 e. The molecule has 0 bridgehead atoms. The summed E-state index contributed by atoms with van der Waals surface area (Å²) in [5.41, 5.74) is 6.37. The van der Waals surface area contributed by atoms with E-state index in [1.54, 1.807) is 35.3 Å². The number of anilines is 1. The molecule has 11 heteroatoms. The van der Waals surface area contributed by atoms with Crippen molar-refractivity contribution in [3.05, 3.63) is 66.3 Å². The molecule has 0 atom stereocenters. The van der Waals surface area contributed by atoms with Crippen LogP contribution < -0.4 is 11.1 Å². The highest BCUT2D eigenvalue weighted by Gasteiger charge is 2.31. The van der Waals surface area contributed by atoms with Crippen LogP contribution in [0.2, 0.25) is 0 Å². The zero-order valence-corrected chi connectivity index (χ0v) is 20.2. The van der Waals surface area contributed by atoms with Gasteiger partial charge >= 0.3 is 0 Å². The minimum atomic E-state index is -0.636. The molecule has 0 saturated heterocycles. The average molecular weight is 503 g/mol. The van der Waals surface area contributed by atoms with Gasteiger partial charge in [0.05, 0.1) is 17.6 Å². The van der Waals surface area contributed by atoms with Crippen LogP contribution in [0, 0.1) is 11.7 Å². The second-order valence-corrected chi connectivity index (χ2v) is 9.67. The van der Waals surface area contributed by atoms with E-state index in [2.05, 4.69) is 24.8 Å². The van der Waals surface area contributed by atoms with Crippen LogP contribution in [0.25, 0.3) is 16.7 Å². The molecule has 3 aromatic heterocycles. The molecule has 2 aliphatic rings. The molecule has 1 fully saturated rings. The van der Waals surface area contributed by atoms with E-state index in [0.29, 0.717) is 29.2 Å². The van der Waals surface area contributed by atoms with Gasteiger partial charge in [-0.25, -0.2) is 14.4 Å². The maximum Gasteiger partial charge on any atom is 0.250 e. The molecule has 1 aromatic carbocycles. The number of hydrogen-bond acceptors (Lipinski definition) is 6. The number of nitrogens with one attached hydrogen (secondary N) is 1. The van der Waals surface area contributed by atoms with Crippen molar-refractivity contribution in [2.45, 2.75) is 44.8 Å². The fourth-order valence-corrected chi connectivity index (χ4v) is 5.43. The zero-order chi connectivity index (χ0) is 25.5. The molecule has 1 aliphatic heterocycles. The molecule has 10 nitrogen and oxygen atoms in total. The Morgan fingerprint density at radius 1 is 1.05 bits per heavy atom. The van der Waals surface area contributed by atoms with Gasteiger partial charge < -0.3 is 25.1 Å². The minimum Gasteiger partial charge on any atom is -0.366 e. The number of imidazole rings is 1. The van der Waals surface area contributed by atoms with Crippen molar-refractivity contribution in [3.8, 4) is 5.82 Å². The largest absolute Gasteiger partial charge is 0.366 e. The molecule has 0 radical (unpaired) electrons. The number of carbonyl (C=O) groups excluding carboxylic acids is 2. The van der Waals surface area contributed by atoms with E-state index >= 15 is 0 Å². The summed E-state index contributed by atoms with van der Waals surface area (Å²) < 4.78 is 17.6. The number of fused-ring (bicyclic) bond motifs is 2. The lowest BCUT2D eigenvalue weighted by Crippen LogP contribution is -2.43. The van der Waals surface area contributed by atoms with Crippen LogP contribution in [-0.4, -0.2) is 53.4 Å². The number of hydrogen-bond donors (Lipinski definition) is 2. The number of nitrogens with two attached hydrogens (primary N) is 1. The summed E-state index contributed by atoms with van der Waals surface area (Å²) in [6.45, 7) is 2.08. The third-order valence-corrected chi connectivity index (χ3v) is 7.39. The molecule has 2 amide bonds. The molecule has 0 spiro atoms. The highest BCUT2D eigenvalue weighted by Crippen LogP contribution is 2.29. The predicted octanol–water partition coefficient (Wildman–Crippen LogP) is 2.87. The highest BCUT2D eigenvalue weighted by molar-refractivity contribution is 6.06. The maximum absolute atomic E-state index is 13.8. The standard InChI is InChI=1S/C26H27FN8O2/c27-17-3-6-21-19(13-17)20(24(28)36)14-35(21)22-7-8-30-26(32-22)31-18-4-1-16(2-5-18)25(37)34-12-11-33-10-9-29-23(33)15-34/h3,6-10,13-14,16,18H,1-2,4-5,11-12,15H2,(H2,28,36)(H,30,31,32)/t16-,18-. The first-order valence-corrected chi connectivity index (χ1v) is 12.5. The number of primary amides is 1. The van der Waals surface area contributed by atoms with Gasteiger partial charge in [-0.05, 0) is 49.9 Å². The van der Waals surface area contributed by atoms with Gasteiger partial charge in [-0.2, -0.15) is 4.98 Å². The van der Waals surface area contributed by atoms with E-state index in [1.807, 2.05) is 11.1 Å². The number of rotatable bonds is 5. The predicted molar refractivity (Wildman–Crippen MR) is 134 cm³/mol. The molecule has 4 aromatic rings. The van der Waals surface area contributed by atoms with Crippen LogP contribution in [0.3, 0.4) is 0 Å². The van der Waals surface area contributed by atoms with Crippen LogP contribution in [0.15, 0.2) is 49.1 Å². The highest BCUT2D eigenvalue weighted by atomic mass is 19.1. The molecule has 6 rings (SSSR count). The van der Waals surface area contributed by atoms with Crippen molar-refractivity contribution in [1.29, 1.82) is 0 Å². The summed E-state index contributed by atoms with van der Waals surface area (Å²) in [6, 6.07) is 6.10. The first kappa shape index (κ1) is 23.1. The fourth-order valence-electron chi connectivity index (χ4n) is 5.43. The Hall–Kier alpha value is -4.28. The first-order chi connectivity index (χ1) is 18.0. The zero-order valence-electron chi connectivity index (χ0n) is 20.2. The van der Waals surface area contributed by atoms with Gasteiger partial charge in [0.25, 0.3) is 5.91 Å². The summed E-state index contributed by atoms with van der Waals surface area (Å²) in [6.07, 6.45) is 10.2. The van der Waals surface area contributed by atoms with E-state index in [1.165, 1.54) is 12.1 Å². The van der Waals surface area contributed by atoms with Gasteiger partial charge in [-0.1, -0.05) is 0 Å². The van der Waals surface area contributed by atoms with Crippen molar-refractivity contribution in [2.75, 3.05) is 11.9 Å². The Kier molecular flexibility index (Phi) is 5.82. The van der Waals surface area contributed by atoms with Crippen LogP contribution in [-0.2, 0) is 17.9 Å². The lowest BCUT2D eigenvalue weighted by Gasteiger charge is -2.34. The Morgan fingerprint density at radius 3 is 2.70 bits per heavy atom. The Labute approximate surface area is 212 Å². The third-order valence-electron chi connectivity index (χ3n) is 7.39. The molecule has 0 unspecified atom stereocenters. The molecule has 37 heavy (non-hydrogen) atoms. The number of carbonyl (C=O) groups is 2. The van der Waals surface area contributed by atoms with E-state index < -0.39 is 11.7 Å². The van der Waals surface area contributed by atoms with Gasteiger partial charge in [0, 0.05) is 55.2 Å². The summed E-state index contributed by atoms with van der Waals surface area (Å²) in [5.74, 6) is 1.09. The van der Waals surface area contributed by atoms with Crippen molar-refractivity contribution >= 4 is 28.7 Å². The van der Waals surface area contributed by atoms with E-state index in [0.717, 1.165) is 44.6 Å². The second kappa shape index (κ2) is 9.30. The van der Waals surface area contributed by atoms with Gasteiger partial charge in [0.15, 0.2) is 0 Å². The van der Waals surface area contributed by atoms with Gasteiger partial charge in [-0.15, -0.1) is 0 Å². The van der Waals surface area contributed by atoms with Crippen molar-refractivity contribution < 1.29 is 14.0 Å². The summed E-state index contributed by atoms with van der Waals surface area (Å²) in [7, 11) is 0. The van der Waals surface area contributed by atoms with Crippen LogP contribution in [0.5, 0.6) is 0 Å². The van der Waals surface area contributed by atoms with Crippen LogP contribution >= 0.6 is 0 Å². The van der Waals surface area contributed by atoms with Gasteiger partial charge in [0.2, 0.25) is 11.9 Å². The number of amides is 2. The van der Waals surface area contributed by atoms with E-state index in [-0.39, 0.29) is 23.4 Å². The second-order valence-electron chi connectivity index (χ2n) is 9.67. The van der Waals surface area contributed by atoms with Crippen molar-refractivity contribution in [2.24, 2.45) is 11.7 Å². The molecular weight excluding hydrogens is 475 g/mol. The normalized spacial score (nSPS) is 19.5. The maximum atomic E-state index is 13.8. The molecule has 190 valence electrons. The van der Waals surface area contributed by atoms with Gasteiger partial charge in [0.1, 0.15) is 17.5 Å². The summed E-state index contributed by atoms with van der Waals surface area (Å²) in [4.78, 5) is 40.3. The topological polar surface area (TPSA) is 124 Å². The Balaban J connectivity index is 1.13.